The third-order valence-electron chi connectivity index (χ3n) is 8.17. The van der Waals surface area contributed by atoms with Crippen molar-refractivity contribution in [1.82, 2.24) is 0 Å². The standard InChI is InChI=1S/C26H49O6P/c1-16(2)20-11-9-18(5)13-22(20)31-33(28,25(27)24-15-29-26(7,8)30-24)32-23-14-19(6)10-12-21(23)17(3)4/h16-25,27H,9-15H2,1-8H3/t18-,19-,20+,21+,22+,23+,24-,25+/m0/s1. The molecular weight excluding hydrogens is 439 g/mol. The van der Waals surface area contributed by atoms with E-state index in [0.29, 0.717) is 35.5 Å². The van der Waals surface area contributed by atoms with Crippen LogP contribution in [0.4, 0.5) is 0 Å². The number of ether oxygens (including phenoxy) is 2. The molecule has 1 saturated heterocycles. The van der Waals surface area contributed by atoms with Crippen molar-refractivity contribution in [1.29, 1.82) is 0 Å². The highest BCUT2D eigenvalue weighted by Crippen LogP contribution is 2.60. The summed E-state index contributed by atoms with van der Waals surface area (Å²) in [5.74, 6) is 0.234. The van der Waals surface area contributed by atoms with Crippen LogP contribution in [0, 0.1) is 35.5 Å². The summed E-state index contributed by atoms with van der Waals surface area (Å²) in [5.41, 5.74) is 0. The van der Waals surface area contributed by atoms with Crippen molar-refractivity contribution in [3.8, 4) is 0 Å². The summed E-state index contributed by atoms with van der Waals surface area (Å²) < 4.78 is 39.1. The molecule has 3 rings (SSSR count). The van der Waals surface area contributed by atoms with E-state index in [2.05, 4.69) is 41.5 Å². The molecule has 194 valence electrons. The lowest BCUT2D eigenvalue weighted by Gasteiger charge is -2.43. The number of rotatable bonds is 8. The number of aliphatic hydroxyl groups is 1. The molecule has 6 nitrogen and oxygen atoms in total. The van der Waals surface area contributed by atoms with Gasteiger partial charge in [0.25, 0.3) is 0 Å². The van der Waals surface area contributed by atoms with E-state index in [0.717, 1.165) is 38.5 Å². The second-order valence-electron chi connectivity index (χ2n) is 12.3. The zero-order valence-corrected chi connectivity index (χ0v) is 23.1. The monoisotopic (exact) mass is 488 g/mol. The first kappa shape index (κ1) is 27.6. The van der Waals surface area contributed by atoms with Crippen LogP contribution in [0.15, 0.2) is 0 Å². The molecule has 0 spiro atoms. The molecule has 0 unspecified atom stereocenters. The lowest BCUT2D eigenvalue weighted by Crippen LogP contribution is -2.40. The van der Waals surface area contributed by atoms with Gasteiger partial charge < -0.3 is 23.6 Å². The van der Waals surface area contributed by atoms with Crippen molar-refractivity contribution in [3.63, 3.8) is 0 Å². The van der Waals surface area contributed by atoms with Crippen LogP contribution in [0.3, 0.4) is 0 Å². The van der Waals surface area contributed by atoms with E-state index >= 15 is 0 Å². The topological polar surface area (TPSA) is 74.2 Å². The predicted molar refractivity (Wildman–Crippen MR) is 131 cm³/mol. The molecule has 8 atom stereocenters. The fourth-order valence-corrected chi connectivity index (χ4v) is 8.16. The third-order valence-corrected chi connectivity index (χ3v) is 10.3. The Morgan fingerprint density at radius 3 is 1.70 bits per heavy atom. The molecule has 3 aliphatic rings. The summed E-state index contributed by atoms with van der Waals surface area (Å²) in [6.07, 6.45) is 4.96. The highest BCUT2D eigenvalue weighted by atomic mass is 31.2. The summed E-state index contributed by atoms with van der Waals surface area (Å²) in [4.78, 5) is 0. The highest BCUT2D eigenvalue weighted by molar-refractivity contribution is 7.54. The third kappa shape index (κ3) is 6.83. The Morgan fingerprint density at radius 1 is 0.879 bits per heavy atom. The van der Waals surface area contributed by atoms with Gasteiger partial charge in [-0.1, -0.05) is 54.4 Å². The van der Waals surface area contributed by atoms with Crippen molar-refractivity contribution in [2.75, 3.05) is 6.61 Å². The maximum atomic E-state index is 14.6. The smallest absolute Gasteiger partial charge is 0.362 e. The Labute approximate surface area is 202 Å². The Morgan fingerprint density at radius 2 is 1.33 bits per heavy atom. The summed E-state index contributed by atoms with van der Waals surface area (Å²) in [6, 6.07) is 0. The minimum Gasteiger partial charge on any atom is -0.378 e. The van der Waals surface area contributed by atoms with Gasteiger partial charge in [0.1, 0.15) is 6.10 Å². The fraction of sp³-hybridized carbons (Fsp3) is 1.00. The normalized spacial score (nSPS) is 38.7. The molecule has 0 aromatic carbocycles. The second kappa shape index (κ2) is 11.0. The molecule has 0 radical (unpaired) electrons. The Hall–Kier alpha value is 0.0300. The lowest BCUT2D eigenvalue weighted by atomic mass is 9.75. The average molecular weight is 489 g/mol. The molecule has 1 aliphatic heterocycles. The largest absolute Gasteiger partial charge is 0.378 e. The van der Waals surface area contributed by atoms with Crippen LogP contribution in [-0.2, 0) is 23.1 Å². The van der Waals surface area contributed by atoms with Crippen LogP contribution in [0.1, 0.15) is 93.9 Å². The molecule has 3 fully saturated rings. The van der Waals surface area contributed by atoms with Gasteiger partial charge in [-0.25, -0.2) is 0 Å². The van der Waals surface area contributed by atoms with Gasteiger partial charge in [-0.2, -0.15) is 0 Å². The van der Waals surface area contributed by atoms with Crippen LogP contribution < -0.4 is 0 Å². The Kier molecular flexibility index (Phi) is 9.18. The quantitative estimate of drug-likeness (QED) is 0.388. The number of hydrogen-bond donors (Lipinski definition) is 1. The van der Waals surface area contributed by atoms with E-state index in [1.165, 1.54) is 0 Å². The molecule has 2 saturated carbocycles. The lowest BCUT2D eigenvalue weighted by molar-refractivity contribution is -0.147. The summed E-state index contributed by atoms with van der Waals surface area (Å²) >= 11 is 0. The minimum atomic E-state index is -3.91. The zero-order chi connectivity index (χ0) is 24.6. The first-order valence-corrected chi connectivity index (χ1v) is 14.9. The molecular formula is C26H49O6P. The molecule has 2 aliphatic carbocycles. The van der Waals surface area contributed by atoms with Gasteiger partial charge in [0, 0.05) is 0 Å². The first-order chi connectivity index (χ1) is 15.3. The zero-order valence-electron chi connectivity index (χ0n) is 22.2. The second-order valence-corrected chi connectivity index (χ2v) is 14.3. The van der Waals surface area contributed by atoms with Gasteiger partial charge in [0.2, 0.25) is 0 Å². The predicted octanol–water partition coefficient (Wildman–Crippen LogP) is 6.60. The minimum absolute atomic E-state index is 0.175. The maximum absolute atomic E-state index is 14.6. The van der Waals surface area contributed by atoms with Gasteiger partial charge in [0.05, 0.1) is 18.8 Å². The van der Waals surface area contributed by atoms with Crippen LogP contribution in [0.2, 0.25) is 0 Å². The van der Waals surface area contributed by atoms with Gasteiger partial charge in [-0.15, -0.1) is 0 Å². The molecule has 0 bridgehead atoms. The van der Waals surface area contributed by atoms with Crippen molar-refractivity contribution in [3.05, 3.63) is 0 Å². The van der Waals surface area contributed by atoms with E-state index in [-0.39, 0.29) is 18.8 Å². The highest BCUT2D eigenvalue weighted by Gasteiger charge is 2.51. The maximum Gasteiger partial charge on any atom is 0.362 e. The van der Waals surface area contributed by atoms with E-state index in [9.17, 15) is 9.67 Å². The van der Waals surface area contributed by atoms with Gasteiger partial charge in [-0.3, -0.25) is 4.57 Å². The molecule has 0 amide bonds. The first-order valence-electron chi connectivity index (χ1n) is 13.3. The van der Waals surface area contributed by atoms with Crippen molar-refractivity contribution in [2.45, 2.75) is 124 Å². The Bertz CT molecular complexity index is 642. The Balaban J connectivity index is 1.89. The molecule has 1 heterocycles. The van der Waals surface area contributed by atoms with Crippen molar-refractivity contribution < 1.29 is 28.2 Å². The van der Waals surface area contributed by atoms with Crippen LogP contribution in [0.25, 0.3) is 0 Å². The van der Waals surface area contributed by atoms with Crippen molar-refractivity contribution in [2.24, 2.45) is 35.5 Å². The molecule has 0 aromatic rings. The van der Waals surface area contributed by atoms with E-state index in [1.54, 1.807) is 0 Å². The van der Waals surface area contributed by atoms with E-state index in [4.69, 9.17) is 18.5 Å². The molecule has 33 heavy (non-hydrogen) atoms. The van der Waals surface area contributed by atoms with Gasteiger partial charge in [0.15, 0.2) is 11.6 Å². The van der Waals surface area contributed by atoms with Crippen LogP contribution in [-0.4, -0.2) is 41.7 Å². The molecule has 0 aromatic heterocycles. The van der Waals surface area contributed by atoms with E-state index < -0.39 is 25.3 Å². The fourth-order valence-electron chi connectivity index (χ4n) is 6.06. The van der Waals surface area contributed by atoms with E-state index in [1.807, 2.05) is 13.8 Å². The van der Waals surface area contributed by atoms with Crippen molar-refractivity contribution >= 4 is 7.60 Å². The van der Waals surface area contributed by atoms with Gasteiger partial charge in [-0.05, 0) is 75.0 Å². The SMILES string of the molecule is CC(C)[C@H]1CC[C@H](C)C[C@H]1OP(=O)(O[C@@H]1C[C@@H](C)CC[C@@H]1C(C)C)[C@@H](O)[C@@H]1COC(C)(C)O1. The van der Waals surface area contributed by atoms with Crippen LogP contribution in [0.5, 0.6) is 0 Å². The summed E-state index contributed by atoms with van der Waals surface area (Å²) in [6.45, 7) is 17.0. The number of hydrogen-bond acceptors (Lipinski definition) is 6. The van der Waals surface area contributed by atoms with Gasteiger partial charge >= 0.3 is 7.60 Å². The summed E-state index contributed by atoms with van der Waals surface area (Å²) in [7, 11) is -3.91. The van der Waals surface area contributed by atoms with Crippen LogP contribution >= 0.6 is 7.60 Å². The molecule has 1 N–H and O–H groups in total. The average Bonchev–Trinajstić information content (AvgIpc) is 3.06. The molecule has 7 heteroatoms. The number of aliphatic hydroxyl groups excluding tert-OH is 1. The summed E-state index contributed by atoms with van der Waals surface area (Å²) in [5, 5.41) is 11.4.